The van der Waals surface area contributed by atoms with Gasteiger partial charge in [-0.15, -0.1) is 0 Å². The van der Waals surface area contributed by atoms with Gasteiger partial charge in [0.25, 0.3) is 5.91 Å². The summed E-state index contributed by atoms with van der Waals surface area (Å²) in [5, 5.41) is 0. The van der Waals surface area contributed by atoms with Crippen LogP contribution in [0, 0.1) is 0 Å². The number of amides is 1. The molecule has 0 atom stereocenters. The Morgan fingerprint density at radius 2 is 1.96 bits per heavy atom. The van der Waals surface area contributed by atoms with Crippen LogP contribution < -0.4 is 0 Å². The topological polar surface area (TPSA) is 45.7 Å². The number of pyridine rings is 1. The fourth-order valence-corrected chi connectivity index (χ4v) is 2.97. The van der Waals surface area contributed by atoms with Gasteiger partial charge in [0.2, 0.25) is 0 Å². The maximum absolute atomic E-state index is 12.7. The minimum atomic E-state index is 0.102. The van der Waals surface area contributed by atoms with E-state index in [1.807, 2.05) is 53.6 Å². The quantitative estimate of drug-likeness (QED) is 0.845. The molecule has 1 aliphatic heterocycles. The molecule has 0 spiro atoms. The van der Waals surface area contributed by atoms with Crippen molar-refractivity contribution in [2.24, 2.45) is 0 Å². The van der Waals surface area contributed by atoms with Crippen molar-refractivity contribution in [3.05, 3.63) is 65.5 Å². The highest BCUT2D eigenvalue weighted by Crippen LogP contribution is 2.13. The highest BCUT2D eigenvalue weighted by molar-refractivity contribution is 5.94. The Hall–Kier alpha value is -2.24. The van der Waals surface area contributed by atoms with Crippen LogP contribution in [0.2, 0.25) is 0 Å². The summed E-state index contributed by atoms with van der Waals surface area (Å²) in [5.41, 5.74) is 2.84. The number of carbonyl (C=O) groups is 1. The molecule has 1 fully saturated rings. The number of carbonyl (C=O) groups excluding carboxylic acids is 1. The predicted molar refractivity (Wildman–Crippen MR) is 92.6 cm³/mol. The van der Waals surface area contributed by atoms with Crippen molar-refractivity contribution in [2.75, 3.05) is 33.3 Å². The fraction of sp³-hybridized carbons (Fsp3) is 0.368. The van der Waals surface area contributed by atoms with Crippen LogP contribution in [-0.2, 0) is 17.9 Å². The molecule has 0 radical (unpaired) electrons. The van der Waals surface area contributed by atoms with Gasteiger partial charge in [-0.3, -0.25) is 14.7 Å². The molecule has 24 heavy (non-hydrogen) atoms. The molecule has 5 heteroatoms. The maximum Gasteiger partial charge on any atom is 0.253 e. The molecule has 1 aromatic heterocycles. The number of benzene rings is 1. The van der Waals surface area contributed by atoms with Gasteiger partial charge in [-0.1, -0.05) is 18.2 Å². The number of piperazine rings is 1. The number of aromatic nitrogens is 1. The van der Waals surface area contributed by atoms with E-state index in [4.69, 9.17) is 4.74 Å². The lowest BCUT2D eigenvalue weighted by atomic mass is 10.1. The van der Waals surface area contributed by atoms with Gasteiger partial charge in [-0.05, 0) is 29.8 Å². The number of hydrogen-bond acceptors (Lipinski definition) is 4. The van der Waals surface area contributed by atoms with E-state index in [1.165, 1.54) is 0 Å². The third kappa shape index (κ3) is 4.19. The Morgan fingerprint density at radius 1 is 1.12 bits per heavy atom. The molecule has 0 unspecified atom stereocenters. The van der Waals surface area contributed by atoms with Gasteiger partial charge < -0.3 is 9.64 Å². The number of methoxy groups -OCH3 is 1. The van der Waals surface area contributed by atoms with Gasteiger partial charge in [0.1, 0.15) is 0 Å². The second-order valence-electron chi connectivity index (χ2n) is 6.02. The Labute approximate surface area is 142 Å². The van der Waals surface area contributed by atoms with Crippen LogP contribution in [0.5, 0.6) is 0 Å². The van der Waals surface area contributed by atoms with Crippen LogP contribution in [0.15, 0.2) is 48.7 Å². The van der Waals surface area contributed by atoms with Crippen LogP contribution in [0.25, 0.3) is 0 Å². The Bertz CT molecular complexity index is 667. The van der Waals surface area contributed by atoms with Crippen LogP contribution in [0.3, 0.4) is 0 Å². The fourth-order valence-electron chi connectivity index (χ4n) is 2.97. The molecule has 0 N–H and O–H groups in total. The number of ether oxygens (including phenoxy) is 1. The van der Waals surface area contributed by atoms with E-state index in [1.54, 1.807) is 7.11 Å². The highest BCUT2D eigenvalue weighted by Gasteiger charge is 2.22. The lowest BCUT2D eigenvalue weighted by Gasteiger charge is -2.34. The summed E-state index contributed by atoms with van der Waals surface area (Å²) in [6.45, 7) is 4.62. The molecule has 0 aliphatic carbocycles. The molecule has 0 saturated carbocycles. The molecule has 0 bridgehead atoms. The Morgan fingerprint density at radius 3 is 2.67 bits per heavy atom. The van der Waals surface area contributed by atoms with Crippen molar-refractivity contribution in [3.8, 4) is 0 Å². The van der Waals surface area contributed by atoms with Gasteiger partial charge in [-0.25, -0.2) is 0 Å². The Balaban J connectivity index is 1.56. The molecule has 3 rings (SSSR count). The molecule has 1 aliphatic rings. The summed E-state index contributed by atoms with van der Waals surface area (Å²) >= 11 is 0. The minimum absolute atomic E-state index is 0.102. The first-order valence-electron chi connectivity index (χ1n) is 8.25. The normalized spacial score (nSPS) is 15.5. The monoisotopic (exact) mass is 325 g/mol. The average molecular weight is 325 g/mol. The number of nitrogens with zero attached hydrogens (tertiary/aromatic N) is 3. The molecule has 1 amide bonds. The van der Waals surface area contributed by atoms with Crippen LogP contribution in [0.4, 0.5) is 0 Å². The van der Waals surface area contributed by atoms with Gasteiger partial charge in [0.15, 0.2) is 0 Å². The highest BCUT2D eigenvalue weighted by atomic mass is 16.5. The molecule has 2 heterocycles. The van der Waals surface area contributed by atoms with E-state index >= 15 is 0 Å². The second-order valence-corrected chi connectivity index (χ2v) is 6.02. The van der Waals surface area contributed by atoms with Crippen molar-refractivity contribution >= 4 is 5.91 Å². The predicted octanol–water partition coefficient (Wildman–Crippen LogP) is 2.19. The van der Waals surface area contributed by atoms with Crippen LogP contribution in [-0.4, -0.2) is 54.0 Å². The van der Waals surface area contributed by atoms with Gasteiger partial charge in [0, 0.05) is 51.6 Å². The van der Waals surface area contributed by atoms with E-state index in [0.29, 0.717) is 6.61 Å². The Kier molecular flexibility index (Phi) is 5.56. The summed E-state index contributed by atoms with van der Waals surface area (Å²) < 4.78 is 5.14. The summed E-state index contributed by atoms with van der Waals surface area (Å²) in [6.07, 6.45) is 1.82. The molecule has 2 aromatic rings. The van der Waals surface area contributed by atoms with E-state index in [0.717, 1.165) is 49.5 Å². The van der Waals surface area contributed by atoms with Gasteiger partial charge in [0.05, 0.1) is 12.3 Å². The molecule has 126 valence electrons. The maximum atomic E-state index is 12.7. The number of rotatable bonds is 5. The molecule has 5 nitrogen and oxygen atoms in total. The summed E-state index contributed by atoms with van der Waals surface area (Å²) in [7, 11) is 1.66. The summed E-state index contributed by atoms with van der Waals surface area (Å²) in [6, 6.07) is 13.7. The van der Waals surface area contributed by atoms with E-state index in [-0.39, 0.29) is 5.91 Å². The van der Waals surface area contributed by atoms with E-state index in [9.17, 15) is 4.79 Å². The third-order valence-corrected chi connectivity index (χ3v) is 4.26. The minimum Gasteiger partial charge on any atom is -0.380 e. The first kappa shape index (κ1) is 16.6. The zero-order valence-corrected chi connectivity index (χ0v) is 14.0. The average Bonchev–Trinajstić information content (AvgIpc) is 2.63. The molecule has 1 saturated heterocycles. The van der Waals surface area contributed by atoms with Crippen molar-refractivity contribution in [2.45, 2.75) is 13.2 Å². The largest absolute Gasteiger partial charge is 0.380 e. The van der Waals surface area contributed by atoms with Crippen molar-refractivity contribution in [1.82, 2.24) is 14.8 Å². The SMILES string of the molecule is COCc1cccc(C(=O)N2CCN(Cc3ccccn3)CC2)c1. The lowest BCUT2D eigenvalue weighted by Crippen LogP contribution is -2.48. The van der Waals surface area contributed by atoms with Crippen molar-refractivity contribution in [3.63, 3.8) is 0 Å². The molecular weight excluding hydrogens is 302 g/mol. The first-order chi connectivity index (χ1) is 11.8. The zero-order valence-electron chi connectivity index (χ0n) is 14.0. The molecular formula is C19H23N3O2. The van der Waals surface area contributed by atoms with Crippen molar-refractivity contribution in [1.29, 1.82) is 0 Å². The molecule has 1 aromatic carbocycles. The van der Waals surface area contributed by atoms with E-state index in [2.05, 4.69) is 9.88 Å². The van der Waals surface area contributed by atoms with Gasteiger partial charge in [-0.2, -0.15) is 0 Å². The lowest BCUT2D eigenvalue weighted by molar-refractivity contribution is 0.0626. The third-order valence-electron chi connectivity index (χ3n) is 4.26. The zero-order chi connectivity index (χ0) is 16.8. The second kappa shape index (κ2) is 8.04. The number of hydrogen-bond donors (Lipinski definition) is 0. The van der Waals surface area contributed by atoms with E-state index < -0.39 is 0 Å². The summed E-state index contributed by atoms with van der Waals surface area (Å²) in [5.74, 6) is 0.102. The van der Waals surface area contributed by atoms with Gasteiger partial charge >= 0.3 is 0 Å². The first-order valence-corrected chi connectivity index (χ1v) is 8.25. The smallest absolute Gasteiger partial charge is 0.253 e. The van der Waals surface area contributed by atoms with Crippen LogP contribution >= 0.6 is 0 Å². The summed E-state index contributed by atoms with van der Waals surface area (Å²) in [4.78, 5) is 21.3. The van der Waals surface area contributed by atoms with Crippen molar-refractivity contribution < 1.29 is 9.53 Å². The van der Waals surface area contributed by atoms with Crippen LogP contribution in [0.1, 0.15) is 21.6 Å². The standard InChI is InChI=1S/C19H23N3O2/c1-24-15-16-5-4-6-17(13-16)19(23)22-11-9-21(10-12-22)14-18-7-2-3-8-20-18/h2-8,13H,9-12,14-15H2,1H3.